The molecule has 112 valence electrons. The van der Waals surface area contributed by atoms with Crippen molar-refractivity contribution in [1.29, 1.82) is 0 Å². The van der Waals surface area contributed by atoms with Crippen molar-refractivity contribution >= 4 is 5.78 Å². The second-order valence-electron chi connectivity index (χ2n) is 6.43. The predicted molar refractivity (Wildman–Crippen MR) is 73.1 cm³/mol. The van der Waals surface area contributed by atoms with Gasteiger partial charge >= 0.3 is 0 Å². The summed E-state index contributed by atoms with van der Waals surface area (Å²) >= 11 is 0. The van der Waals surface area contributed by atoms with E-state index in [-0.39, 0.29) is 23.4 Å². The summed E-state index contributed by atoms with van der Waals surface area (Å²) in [6.45, 7) is 4.75. The van der Waals surface area contributed by atoms with E-state index in [0.29, 0.717) is 13.0 Å². The van der Waals surface area contributed by atoms with Crippen LogP contribution in [0.25, 0.3) is 0 Å². The lowest BCUT2D eigenvalue weighted by molar-refractivity contribution is -0.142. The van der Waals surface area contributed by atoms with Gasteiger partial charge in [-0.15, -0.1) is 0 Å². The molecule has 20 heavy (non-hydrogen) atoms. The number of allylic oxidation sites excluding steroid dienone is 1. The highest BCUT2D eigenvalue weighted by molar-refractivity contribution is 5.85. The molecule has 3 aliphatic rings. The Labute approximate surface area is 119 Å². The van der Waals surface area contributed by atoms with Crippen molar-refractivity contribution in [1.82, 2.24) is 0 Å². The molecule has 1 saturated carbocycles. The third-order valence-electron chi connectivity index (χ3n) is 4.77. The number of epoxide rings is 2. The summed E-state index contributed by atoms with van der Waals surface area (Å²) in [7, 11) is 1.56. The minimum absolute atomic E-state index is 0.0491. The van der Waals surface area contributed by atoms with Crippen LogP contribution in [0.5, 0.6) is 0 Å². The van der Waals surface area contributed by atoms with E-state index in [9.17, 15) is 4.79 Å². The average molecular weight is 281 g/mol. The second kappa shape index (κ2) is 4.63. The molecule has 0 bridgehead atoms. The molecule has 0 amide bonds. The molecule has 0 unspecified atom stereocenters. The van der Waals surface area contributed by atoms with E-state index in [4.69, 9.17) is 19.9 Å². The lowest BCUT2D eigenvalue weighted by atomic mass is 9.71. The van der Waals surface area contributed by atoms with Gasteiger partial charge in [0.15, 0.2) is 11.5 Å². The van der Waals surface area contributed by atoms with Gasteiger partial charge in [-0.2, -0.15) is 0 Å². The smallest absolute Gasteiger partial charge is 0.162 e. The molecular weight excluding hydrogens is 258 g/mol. The molecule has 2 aliphatic heterocycles. The van der Waals surface area contributed by atoms with Crippen LogP contribution in [0.2, 0.25) is 0 Å². The lowest BCUT2D eigenvalue weighted by Crippen LogP contribution is -2.57. The number of rotatable bonds is 4. The van der Waals surface area contributed by atoms with Gasteiger partial charge in [0, 0.05) is 13.5 Å². The maximum Gasteiger partial charge on any atom is 0.162 e. The molecule has 0 radical (unpaired) electrons. The van der Waals surface area contributed by atoms with Gasteiger partial charge in [0.25, 0.3) is 0 Å². The number of ether oxygens (including phenoxy) is 3. The summed E-state index contributed by atoms with van der Waals surface area (Å²) in [5.74, 6) is -0.0864. The van der Waals surface area contributed by atoms with Crippen molar-refractivity contribution < 1.29 is 19.0 Å². The maximum atomic E-state index is 12.1. The Bertz CT molecular complexity index is 453. The van der Waals surface area contributed by atoms with Gasteiger partial charge in [0.1, 0.15) is 17.8 Å². The number of hydrogen-bond donors (Lipinski definition) is 1. The number of nitrogens with two attached hydrogens (primary N) is 1. The van der Waals surface area contributed by atoms with Crippen molar-refractivity contribution in [3.8, 4) is 0 Å². The molecule has 2 saturated heterocycles. The Morgan fingerprint density at radius 1 is 1.55 bits per heavy atom. The van der Waals surface area contributed by atoms with Crippen LogP contribution >= 0.6 is 0 Å². The zero-order chi connectivity index (χ0) is 14.5. The van der Waals surface area contributed by atoms with E-state index in [0.717, 1.165) is 12.8 Å². The van der Waals surface area contributed by atoms with Crippen molar-refractivity contribution in [2.45, 2.75) is 56.6 Å². The highest BCUT2D eigenvalue weighted by atomic mass is 16.6. The first-order chi connectivity index (χ1) is 9.43. The van der Waals surface area contributed by atoms with Crippen LogP contribution in [-0.4, -0.2) is 43.0 Å². The molecule has 0 aromatic heterocycles. The van der Waals surface area contributed by atoms with Gasteiger partial charge in [0.2, 0.25) is 0 Å². The van der Waals surface area contributed by atoms with Crippen molar-refractivity contribution in [3.05, 3.63) is 11.6 Å². The fourth-order valence-corrected chi connectivity index (χ4v) is 3.49. The SMILES string of the molecule is CO[C@@H]1C(=O)CC[C@]2(CO2)[C@H]1[C@@]1(N)O[C@@H]1CC=C(C)C. The normalized spacial score (nSPS) is 46.4. The topological polar surface area (TPSA) is 77.4 Å². The Balaban J connectivity index is 1.80. The molecule has 5 atom stereocenters. The fourth-order valence-electron chi connectivity index (χ4n) is 3.49. The molecular formula is C15H23NO4. The molecule has 2 heterocycles. The highest BCUT2D eigenvalue weighted by Gasteiger charge is 2.72. The Hall–Kier alpha value is -0.750. The first-order valence-corrected chi connectivity index (χ1v) is 7.22. The average Bonchev–Trinajstić information content (AvgIpc) is 3.29. The van der Waals surface area contributed by atoms with Gasteiger partial charge < -0.3 is 19.9 Å². The van der Waals surface area contributed by atoms with Gasteiger partial charge in [-0.05, 0) is 26.7 Å². The van der Waals surface area contributed by atoms with Crippen molar-refractivity contribution in [2.75, 3.05) is 13.7 Å². The first kappa shape index (κ1) is 14.2. The molecule has 3 fully saturated rings. The van der Waals surface area contributed by atoms with Gasteiger partial charge in [-0.25, -0.2) is 0 Å². The summed E-state index contributed by atoms with van der Waals surface area (Å²) in [4.78, 5) is 12.1. The zero-order valence-corrected chi connectivity index (χ0v) is 12.3. The summed E-state index contributed by atoms with van der Waals surface area (Å²) in [5, 5.41) is 0. The van der Waals surface area contributed by atoms with E-state index in [1.54, 1.807) is 7.11 Å². The molecule has 5 heteroatoms. The van der Waals surface area contributed by atoms with Crippen LogP contribution < -0.4 is 5.73 Å². The third-order valence-corrected chi connectivity index (χ3v) is 4.77. The van der Waals surface area contributed by atoms with Gasteiger partial charge in [0.05, 0.1) is 12.5 Å². The number of Topliss-reactive ketones (excluding diaryl/α,β-unsaturated/α-hetero) is 1. The minimum Gasteiger partial charge on any atom is -0.373 e. The summed E-state index contributed by atoms with van der Waals surface area (Å²) < 4.78 is 16.9. The van der Waals surface area contributed by atoms with Crippen molar-refractivity contribution in [3.63, 3.8) is 0 Å². The number of carbonyl (C=O) groups excluding carboxylic acids is 1. The Morgan fingerprint density at radius 2 is 2.25 bits per heavy atom. The summed E-state index contributed by atoms with van der Waals surface area (Å²) in [6, 6.07) is 0. The van der Waals surface area contributed by atoms with E-state index in [2.05, 4.69) is 6.08 Å². The fraction of sp³-hybridized carbons (Fsp3) is 0.800. The van der Waals surface area contributed by atoms with Gasteiger partial charge in [-0.3, -0.25) is 4.79 Å². The number of methoxy groups -OCH3 is 1. The maximum absolute atomic E-state index is 12.1. The van der Waals surface area contributed by atoms with E-state index in [1.165, 1.54) is 5.57 Å². The second-order valence-corrected chi connectivity index (χ2v) is 6.43. The molecule has 2 N–H and O–H groups in total. The predicted octanol–water partition coefficient (Wildman–Crippen LogP) is 1.16. The van der Waals surface area contributed by atoms with E-state index >= 15 is 0 Å². The van der Waals surface area contributed by atoms with Crippen molar-refractivity contribution in [2.24, 2.45) is 11.7 Å². The van der Waals surface area contributed by atoms with Crippen LogP contribution in [0.15, 0.2) is 11.6 Å². The van der Waals surface area contributed by atoms with E-state index in [1.807, 2.05) is 13.8 Å². The summed E-state index contributed by atoms with van der Waals surface area (Å²) in [5.41, 5.74) is 6.58. The highest BCUT2D eigenvalue weighted by Crippen LogP contribution is 2.56. The largest absolute Gasteiger partial charge is 0.373 e. The van der Waals surface area contributed by atoms with Crippen LogP contribution in [0.4, 0.5) is 0 Å². The molecule has 3 rings (SSSR count). The molecule has 1 spiro atoms. The standard InChI is InChI=1S/C15H23NO4/c1-9(2)4-5-11-15(16,20-11)13-12(18-3)10(17)6-7-14(13)8-19-14/h4,11-13H,5-8,16H2,1-3H3/t11-,12-,13+,14+,15+/m1/s1. The number of ketones is 1. The molecule has 0 aromatic carbocycles. The summed E-state index contributed by atoms with van der Waals surface area (Å²) in [6.07, 6.45) is 3.57. The van der Waals surface area contributed by atoms with Crippen LogP contribution in [-0.2, 0) is 19.0 Å². The molecule has 0 aromatic rings. The van der Waals surface area contributed by atoms with Crippen LogP contribution in [0, 0.1) is 5.92 Å². The number of carbonyl (C=O) groups is 1. The van der Waals surface area contributed by atoms with Gasteiger partial charge in [-0.1, -0.05) is 11.6 Å². The Morgan fingerprint density at radius 3 is 2.80 bits per heavy atom. The van der Waals surface area contributed by atoms with Crippen LogP contribution in [0.1, 0.15) is 33.1 Å². The third kappa shape index (κ3) is 2.13. The lowest BCUT2D eigenvalue weighted by Gasteiger charge is -2.37. The molecule has 1 aliphatic carbocycles. The van der Waals surface area contributed by atoms with E-state index < -0.39 is 11.8 Å². The van der Waals surface area contributed by atoms with Crippen LogP contribution in [0.3, 0.4) is 0 Å². The quantitative estimate of drug-likeness (QED) is 0.618. The monoisotopic (exact) mass is 281 g/mol. The first-order valence-electron chi connectivity index (χ1n) is 7.22. The molecule has 5 nitrogen and oxygen atoms in total. The number of hydrogen-bond acceptors (Lipinski definition) is 5. The Kier molecular flexibility index (Phi) is 3.29. The minimum atomic E-state index is -0.792. The zero-order valence-electron chi connectivity index (χ0n) is 12.3.